The Morgan fingerprint density at radius 1 is 0.844 bits per heavy atom. The van der Waals surface area contributed by atoms with E-state index in [4.69, 9.17) is 4.74 Å². The molecule has 0 aliphatic carbocycles. The zero-order valence-electron chi connectivity index (χ0n) is 17.1. The van der Waals surface area contributed by atoms with Gasteiger partial charge in [0.2, 0.25) is 0 Å². The highest BCUT2D eigenvalue weighted by molar-refractivity contribution is 6.02. The lowest BCUT2D eigenvalue weighted by molar-refractivity contribution is 0.0844. The second-order valence-electron chi connectivity index (χ2n) is 6.79. The first-order valence-corrected chi connectivity index (χ1v) is 9.71. The van der Waals surface area contributed by atoms with Crippen LogP contribution in [0.2, 0.25) is 0 Å². The summed E-state index contributed by atoms with van der Waals surface area (Å²) in [6.45, 7) is 0. The molecule has 0 saturated heterocycles. The van der Waals surface area contributed by atoms with Crippen LogP contribution in [-0.2, 0) is 0 Å². The van der Waals surface area contributed by atoms with Crippen molar-refractivity contribution in [2.75, 3.05) is 7.11 Å². The van der Waals surface area contributed by atoms with E-state index in [1.54, 1.807) is 42.3 Å². The molecule has 0 atom stereocenters. The number of aromatic nitrogens is 2. The quantitative estimate of drug-likeness (QED) is 0.472. The number of nitrogens with zero attached hydrogens (tertiary/aromatic N) is 2. The van der Waals surface area contributed by atoms with Crippen molar-refractivity contribution in [3.05, 3.63) is 102 Å². The van der Waals surface area contributed by atoms with Crippen molar-refractivity contribution in [1.82, 2.24) is 20.6 Å². The maximum Gasteiger partial charge on any atom is 0.273 e. The molecule has 0 aliphatic heterocycles. The molecule has 0 aliphatic rings. The molecule has 0 fully saturated rings. The van der Waals surface area contributed by atoms with Gasteiger partial charge in [-0.2, -0.15) is 5.10 Å². The average Bonchev–Trinajstić information content (AvgIpc) is 3.29. The van der Waals surface area contributed by atoms with Crippen molar-refractivity contribution in [3.8, 4) is 22.7 Å². The van der Waals surface area contributed by atoms with Crippen LogP contribution < -0.4 is 15.6 Å². The predicted octanol–water partition coefficient (Wildman–Crippen LogP) is 3.76. The van der Waals surface area contributed by atoms with Crippen LogP contribution >= 0.6 is 0 Å². The second-order valence-corrected chi connectivity index (χ2v) is 6.79. The van der Waals surface area contributed by atoms with Gasteiger partial charge in [0.05, 0.1) is 23.9 Å². The van der Waals surface area contributed by atoms with Crippen LogP contribution in [0, 0.1) is 5.82 Å². The Balaban J connectivity index is 1.63. The van der Waals surface area contributed by atoms with Crippen LogP contribution in [0.1, 0.15) is 20.7 Å². The normalized spacial score (nSPS) is 10.4. The number of amides is 2. The lowest BCUT2D eigenvalue weighted by Crippen LogP contribution is -2.42. The van der Waals surface area contributed by atoms with E-state index < -0.39 is 17.6 Å². The number of rotatable bonds is 5. The molecular formula is C24H19FN4O3. The van der Waals surface area contributed by atoms with Gasteiger partial charge in [-0.3, -0.25) is 20.4 Å². The number of hydrazine groups is 1. The number of hydrogen-bond acceptors (Lipinski definition) is 4. The molecule has 2 N–H and O–H groups in total. The Labute approximate surface area is 183 Å². The van der Waals surface area contributed by atoms with Gasteiger partial charge in [0.25, 0.3) is 11.8 Å². The van der Waals surface area contributed by atoms with E-state index in [1.807, 2.05) is 30.3 Å². The topological polar surface area (TPSA) is 85.2 Å². The zero-order valence-corrected chi connectivity index (χ0v) is 17.1. The highest BCUT2D eigenvalue weighted by Crippen LogP contribution is 2.25. The van der Waals surface area contributed by atoms with E-state index in [1.165, 1.54) is 24.3 Å². The van der Waals surface area contributed by atoms with Crippen LogP contribution in [-0.4, -0.2) is 28.7 Å². The SMILES string of the molecule is COc1ccc(-c2nn(-c3ccccc3)cc2C(=O)NNC(=O)c2ccccc2F)cc1. The standard InChI is InChI=1S/C24H19FN4O3/c1-32-18-13-11-16(12-14-18)22-20(15-29(28-22)17-7-3-2-4-8-17)24(31)27-26-23(30)19-9-5-6-10-21(19)25/h2-15H,1H3,(H,26,30)(H,27,31). The molecule has 1 aromatic heterocycles. The fourth-order valence-corrected chi connectivity index (χ4v) is 3.11. The largest absolute Gasteiger partial charge is 0.497 e. The van der Waals surface area contributed by atoms with E-state index in [0.717, 1.165) is 5.69 Å². The van der Waals surface area contributed by atoms with Crippen LogP contribution in [0.5, 0.6) is 5.75 Å². The number of carbonyl (C=O) groups is 2. The number of ether oxygens (including phenoxy) is 1. The number of nitrogens with one attached hydrogen (secondary N) is 2. The molecule has 0 saturated carbocycles. The summed E-state index contributed by atoms with van der Waals surface area (Å²) in [4.78, 5) is 25.2. The molecular weight excluding hydrogens is 411 g/mol. The minimum Gasteiger partial charge on any atom is -0.497 e. The molecule has 8 heteroatoms. The van der Waals surface area contributed by atoms with Gasteiger partial charge in [0, 0.05) is 11.8 Å². The maximum atomic E-state index is 13.8. The Kier molecular flexibility index (Phi) is 5.94. The zero-order chi connectivity index (χ0) is 22.5. The minimum absolute atomic E-state index is 0.178. The maximum absolute atomic E-state index is 13.8. The fourth-order valence-electron chi connectivity index (χ4n) is 3.11. The highest BCUT2D eigenvalue weighted by atomic mass is 19.1. The van der Waals surface area contributed by atoms with Crippen LogP contribution in [0.25, 0.3) is 16.9 Å². The van der Waals surface area contributed by atoms with Crippen molar-refractivity contribution in [2.24, 2.45) is 0 Å². The first-order chi connectivity index (χ1) is 15.6. The Bertz CT molecular complexity index is 1250. The van der Waals surface area contributed by atoms with Gasteiger partial charge < -0.3 is 4.74 Å². The molecule has 3 aromatic carbocycles. The van der Waals surface area contributed by atoms with Crippen molar-refractivity contribution < 1.29 is 18.7 Å². The monoisotopic (exact) mass is 430 g/mol. The van der Waals surface area contributed by atoms with Crippen LogP contribution in [0.4, 0.5) is 4.39 Å². The van der Waals surface area contributed by atoms with E-state index in [0.29, 0.717) is 17.0 Å². The number of carbonyl (C=O) groups excluding carboxylic acids is 2. The van der Waals surface area contributed by atoms with Crippen LogP contribution in [0.15, 0.2) is 85.1 Å². The van der Waals surface area contributed by atoms with Gasteiger partial charge >= 0.3 is 0 Å². The lowest BCUT2D eigenvalue weighted by Gasteiger charge is -2.08. The third-order valence-corrected chi connectivity index (χ3v) is 4.75. The number of halogens is 1. The van der Waals surface area contributed by atoms with Crippen molar-refractivity contribution in [3.63, 3.8) is 0 Å². The van der Waals surface area contributed by atoms with Gasteiger partial charge in [-0.05, 0) is 48.5 Å². The first-order valence-electron chi connectivity index (χ1n) is 9.71. The van der Waals surface area contributed by atoms with Gasteiger partial charge in [0.15, 0.2) is 0 Å². The molecule has 32 heavy (non-hydrogen) atoms. The Morgan fingerprint density at radius 3 is 2.12 bits per heavy atom. The summed E-state index contributed by atoms with van der Waals surface area (Å²) in [5.74, 6) is -1.38. The Morgan fingerprint density at radius 2 is 1.47 bits per heavy atom. The summed E-state index contributed by atoms with van der Waals surface area (Å²) in [6.07, 6.45) is 1.57. The highest BCUT2D eigenvalue weighted by Gasteiger charge is 2.20. The summed E-state index contributed by atoms with van der Waals surface area (Å²) in [7, 11) is 1.57. The summed E-state index contributed by atoms with van der Waals surface area (Å²) < 4.78 is 20.6. The van der Waals surface area contributed by atoms with Gasteiger partial charge in [0.1, 0.15) is 17.3 Å². The van der Waals surface area contributed by atoms with Gasteiger partial charge in [-0.15, -0.1) is 0 Å². The number of hydrogen-bond donors (Lipinski definition) is 2. The number of methoxy groups -OCH3 is 1. The second kappa shape index (κ2) is 9.13. The fraction of sp³-hybridized carbons (Fsp3) is 0.0417. The molecule has 4 rings (SSSR count). The molecule has 1 heterocycles. The van der Waals surface area contributed by atoms with Crippen LogP contribution in [0.3, 0.4) is 0 Å². The molecule has 0 unspecified atom stereocenters. The molecule has 4 aromatic rings. The predicted molar refractivity (Wildman–Crippen MR) is 117 cm³/mol. The molecule has 0 bridgehead atoms. The van der Waals surface area contributed by atoms with E-state index in [-0.39, 0.29) is 11.1 Å². The van der Waals surface area contributed by atoms with Gasteiger partial charge in [-0.1, -0.05) is 30.3 Å². The molecule has 7 nitrogen and oxygen atoms in total. The van der Waals surface area contributed by atoms with E-state index >= 15 is 0 Å². The molecule has 0 radical (unpaired) electrons. The smallest absolute Gasteiger partial charge is 0.273 e. The molecule has 0 spiro atoms. The molecule has 2 amide bonds. The number of para-hydroxylation sites is 1. The molecule has 160 valence electrons. The minimum atomic E-state index is -0.766. The summed E-state index contributed by atoms with van der Waals surface area (Å²) in [6, 6.07) is 21.9. The summed E-state index contributed by atoms with van der Waals surface area (Å²) in [5, 5.41) is 4.57. The average molecular weight is 430 g/mol. The lowest BCUT2D eigenvalue weighted by atomic mass is 10.1. The van der Waals surface area contributed by atoms with E-state index in [2.05, 4.69) is 16.0 Å². The van der Waals surface area contributed by atoms with Crippen molar-refractivity contribution in [2.45, 2.75) is 0 Å². The third kappa shape index (κ3) is 4.34. The Hall–Kier alpha value is -4.46. The van der Waals surface area contributed by atoms with Crippen molar-refractivity contribution >= 4 is 11.8 Å². The summed E-state index contributed by atoms with van der Waals surface area (Å²) in [5.41, 5.74) is 6.50. The van der Waals surface area contributed by atoms with E-state index in [9.17, 15) is 14.0 Å². The number of benzene rings is 3. The summed E-state index contributed by atoms with van der Waals surface area (Å²) >= 11 is 0. The first kappa shape index (κ1) is 20.8. The van der Waals surface area contributed by atoms with Crippen molar-refractivity contribution in [1.29, 1.82) is 0 Å². The third-order valence-electron chi connectivity index (χ3n) is 4.75. The van der Waals surface area contributed by atoms with Gasteiger partial charge in [-0.25, -0.2) is 9.07 Å².